The molecule has 1 heterocycles. The van der Waals surface area contributed by atoms with Crippen molar-refractivity contribution in [2.75, 3.05) is 19.6 Å². The molecule has 1 N–H and O–H groups in total. The molecule has 1 fully saturated rings. The molecule has 1 saturated heterocycles. The van der Waals surface area contributed by atoms with Crippen LogP contribution in [0.4, 0.5) is 0 Å². The monoisotopic (exact) mass is 232 g/mol. The van der Waals surface area contributed by atoms with Crippen molar-refractivity contribution in [1.29, 1.82) is 0 Å². The van der Waals surface area contributed by atoms with Gasteiger partial charge >= 0.3 is 0 Å². The van der Waals surface area contributed by atoms with E-state index in [1.54, 1.807) is 0 Å². The highest BCUT2D eigenvalue weighted by Crippen LogP contribution is 2.27. The van der Waals surface area contributed by atoms with Crippen molar-refractivity contribution < 1.29 is 0 Å². The van der Waals surface area contributed by atoms with Crippen molar-refractivity contribution in [3.8, 4) is 0 Å². The molecule has 17 heavy (non-hydrogen) atoms. The lowest BCUT2D eigenvalue weighted by Gasteiger charge is -2.42. The maximum absolute atomic E-state index is 3.37. The van der Waals surface area contributed by atoms with Crippen LogP contribution in [0.5, 0.6) is 0 Å². The zero-order valence-electron chi connectivity index (χ0n) is 11.2. The molecule has 0 bridgehead atoms. The average molecular weight is 232 g/mol. The summed E-state index contributed by atoms with van der Waals surface area (Å²) in [5.41, 5.74) is 2.81. The van der Waals surface area contributed by atoms with E-state index in [0.717, 1.165) is 25.7 Å². The van der Waals surface area contributed by atoms with E-state index < -0.39 is 0 Å². The van der Waals surface area contributed by atoms with Crippen molar-refractivity contribution in [1.82, 2.24) is 10.2 Å². The third-order valence-electron chi connectivity index (χ3n) is 3.84. The van der Waals surface area contributed by atoms with Gasteiger partial charge in [0, 0.05) is 25.2 Å². The van der Waals surface area contributed by atoms with Gasteiger partial charge in [-0.3, -0.25) is 4.90 Å². The summed E-state index contributed by atoms with van der Waals surface area (Å²) in [7, 11) is 0. The Kier molecular flexibility index (Phi) is 4.19. The number of likely N-dealkylation sites (N-methyl/N-ethyl adjacent to an activating group) is 1. The first-order valence-corrected chi connectivity index (χ1v) is 6.79. The lowest BCUT2D eigenvalue weighted by atomic mass is 9.98. The van der Waals surface area contributed by atoms with Crippen molar-refractivity contribution in [3.05, 3.63) is 35.4 Å². The van der Waals surface area contributed by atoms with E-state index in [0.29, 0.717) is 6.04 Å². The fraction of sp³-hybridized carbons (Fsp3) is 0.600. The van der Waals surface area contributed by atoms with E-state index in [4.69, 9.17) is 0 Å². The molecule has 1 unspecified atom stereocenters. The molecule has 0 radical (unpaired) electrons. The van der Waals surface area contributed by atoms with Crippen molar-refractivity contribution >= 4 is 0 Å². The first-order valence-electron chi connectivity index (χ1n) is 6.79. The van der Waals surface area contributed by atoms with Gasteiger partial charge < -0.3 is 5.32 Å². The minimum atomic E-state index is 0.577. The number of hydrogen-bond acceptors (Lipinski definition) is 2. The van der Waals surface area contributed by atoms with Crippen LogP contribution in [0.3, 0.4) is 0 Å². The largest absolute Gasteiger partial charge is 0.314 e. The Balaban J connectivity index is 2.15. The van der Waals surface area contributed by atoms with Gasteiger partial charge in [0.2, 0.25) is 0 Å². The van der Waals surface area contributed by atoms with Crippen LogP contribution in [0.2, 0.25) is 0 Å². The molecule has 0 saturated carbocycles. The van der Waals surface area contributed by atoms with Crippen molar-refractivity contribution in [2.45, 2.75) is 39.3 Å². The SMILES string of the molecule is CCC(c1ccc(C)cc1)N(CC)C1CNC1. The Morgan fingerprint density at radius 1 is 1.24 bits per heavy atom. The first kappa shape index (κ1) is 12.6. The highest BCUT2D eigenvalue weighted by molar-refractivity contribution is 5.24. The molecular weight excluding hydrogens is 208 g/mol. The Hall–Kier alpha value is -0.860. The average Bonchev–Trinajstić information content (AvgIpc) is 2.28. The molecule has 2 nitrogen and oxygen atoms in total. The van der Waals surface area contributed by atoms with Crippen LogP contribution >= 0.6 is 0 Å². The first-order chi connectivity index (χ1) is 8.26. The summed E-state index contributed by atoms with van der Waals surface area (Å²) in [6.07, 6.45) is 1.19. The third kappa shape index (κ3) is 2.70. The highest BCUT2D eigenvalue weighted by Gasteiger charge is 2.28. The van der Waals surface area contributed by atoms with Gasteiger partial charge in [-0.15, -0.1) is 0 Å². The van der Waals surface area contributed by atoms with Crippen LogP contribution in [0.25, 0.3) is 0 Å². The van der Waals surface area contributed by atoms with Crippen LogP contribution in [0.1, 0.15) is 37.4 Å². The van der Waals surface area contributed by atoms with Crippen LogP contribution in [0, 0.1) is 6.92 Å². The number of hydrogen-bond donors (Lipinski definition) is 1. The summed E-state index contributed by atoms with van der Waals surface area (Å²) in [5.74, 6) is 0. The highest BCUT2D eigenvalue weighted by atomic mass is 15.2. The molecular formula is C15H24N2. The maximum atomic E-state index is 3.37. The number of rotatable bonds is 5. The molecule has 1 aliphatic rings. The zero-order chi connectivity index (χ0) is 12.3. The summed E-state index contributed by atoms with van der Waals surface area (Å²) < 4.78 is 0. The smallest absolute Gasteiger partial charge is 0.0351 e. The summed E-state index contributed by atoms with van der Waals surface area (Å²) in [6.45, 7) is 10.2. The lowest BCUT2D eigenvalue weighted by molar-refractivity contribution is 0.0981. The molecule has 1 aromatic carbocycles. The van der Waals surface area contributed by atoms with Crippen LogP contribution in [-0.4, -0.2) is 30.6 Å². The summed E-state index contributed by atoms with van der Waals surface area (Å²) >= 11 is 0. The van der Waals surface area contributed by atoms with Crippen molar-refractivity contribution in [2.24, 2.45) is 0 Å². The summed E-state index contributed by atoms with van der Waals surface area (Å²) in [5, 5.41) is 3.37. The van der Waals surface area contributed by atoms with E-state index >= 15 is 0 Å². The maximum Gasteiger partial charge on any atom is 0.0351 e. The van der Waals surface area contributed by atoms with Gasteiger partial charge in [-0.1, -0.05) is 43.7 Å². The molecule has 2 heteroatoms. The predicted octanol–water partition coefficient (Wildman–Crippen LogP) is 2.74. The Morgan fingerprint density at radius 2 is 1.88 bits per heavy atom. The number of nitrogens with one attached hydrogen (secondary N) is 1. The van der Waals surface area contributed by atoms with Gasteiger partial charge in [-0.05, 0) is 25.5 Å². The Bertz CT molecular complexity index is 340. The Morgan fingerprint density at radius 3 is 2.29 bits per heavy atom. The third-order valence-corrected chi connectivity index (χ3v) is 3.84. The summed E-state index contributed by atoms with van der Waals surface area (Å²) in [6, 6.07) is 10.3. The summed E-state index contributed by atoms with van der Waals surface area (Å²) in [4.78, 5) is 2.64. The van der Waals surface area contributed by atoms with E-state index in [1.807, 2.05) is 0 Å². The van der Waals surface area contributed by atoms with E-state index in [-0.39, 0.29) is 0 Å². The normalized spacial score (nSPS) is 18.1. The fourth-order valence-corrected chi connectivity index (χ4v) is 2.69. The molecule has 0 amide bonds. The molecule has 1 atom stereocenters. The van der Waals surface area contributed by atoms with Crippen LogP contribution in [0.15, 0.2) is 24.3 Å². The zero-order valence-corrected chi connectivity index (χ0v) is 11.2. The molecule has 2 rings (SSSR count). The quantitative estimate of drug-likeness (QED) is 0.840. The number of nitrogens with zero attached hydrogens (tertiary/aromatic N) is 1. The van der Waals surface area contributed by atoms with Crippen LogP contribution < -0.4 is 5.32 Å². The van der Waals surface area contributed by atoms with Gasteiger partial charge in [0.15, 0.2) is 0 Å². The van der Waals surface area contributed by atoms with Gasteiger partial charge in [-0.25, -0.2) is 0 Å². The van der Waals surface area contributed by atoms with Crippen LogP contribution in [-0.2, 0) is 0 Å². The van der Waals surface area contributed by atoms with Crippen molar-refractivity contribution in [3.63, 3.8) is 0 Å². The van der Waals surface area contributed by atoms with E-state index in [9.17, 15) is 0 Å². The minimum absolute atomic E-state index is 0.577. The molecule has 94 valence electrons. The number of aryl methyl sites for hydroxylation is 1. The lowest BCUT2D eigenvalue weighted by Crippen LogP contribution is -2.57. The van der Waals surface area contributed by atoms with E-state index in [2.05, 4.69) is 55.3 Å². The number of benzene rings is 1. The second kappa shape index (κ2) is 5.65. The fourth-order valence-electron chi connectivity index (χ4n) is 2.69. The molecule has 1 aromatic rings. The minimum Gasteiger partial charge on any atom is -0.314 e. The standard InChI is InChI=1S/C15H24N2/c1-4-15(13-8-6-12(3)7-9-13)17(5-2)14-10-16-11-14/h6-9,14-16H,4-5,10-11H2,1-3H3. The Labute approximate surface area is 105 Å². The predicted molar refractivity (Wildman–Crippen MR) is 73.2 cm³/mol. The topological polar surface area (TPSA) is 15.3 Å². The second-order valence-electron chi connectivity index (χ2n) is 4.98. The van der Waals surface area contributed by atoms with Gasteiger partial charge in [0.1, 0.15) is 0 Å². The van der Waals surface area contributed by atoms with E-state index in [1.165, 1.54) is 17.5 Å². The molecule has 0 aromatic heterocycles. The molecule has 1 aliphatic heterocycles. The molecule has 0 spiro atoms. The molecule has 0 aliphatic carbocycles. The van der Waals surface area contributed by atoms with Gasteiger partial charge in [0.05, 0.1) is 0 Å². The van der Waals surface area contributed by atoms with Gasteiger partial charge in [-0.2, -0.15) is 0 Å². The second-order valence-corrected chi connectivity index (χ2v) is 4.98. The van der Waals surface area contributed by atoms with Gasteiger partial charge in [0.25, 0.3) is 0 Å².